The van der Waals surface area contributed by atoms with Gasteiger partial charge in [0.2, 0.25) is 4.80 Å². The van der Waals surface area contributed by atoms with Crippen LogP contribution in [0.5, 0.6) is 0 Å². The van der Waals surface area contributed by atoms with Crippen LogP contribution in [0.2, 0.25) is 0 Å². The van der Waals surface area contributed by atoms with Crippen molar-refractivity contribution in [2.75, 3.05) is 0 Å². The number of alkyl halides is 3. The quantitative estimate of drug-likeness (QED) is 0.586. The molecule has 1 aromatic carbocycles. The lowest BCUT2D eigenvalue weighted by molar-refractivity contribution is -0.117. The molecule has 0 fully saturated rings. The van der Waals surface area contributed by atoms with Crippen LogP contribution >= 0.6 is 46.3 Å². The van der Waals surface area contributed by atoms with Crippen molar-refractivity contribution in [1.29, 1.82) is 0 Å². The molecule has 0 bridgehead atoms. The van der Waals surface area contributed by atoms with Gasteiger partial charge in [-0.25, -0.2) is 0 Å². The maximum absolute atomic E-state index is 11.7. The number of hydrogen-bond donors (Lipinski definition) is 0. The molecule has 0 radical (unpaired) electrons. The summed E-state index contributed by atoms with van der Waals surface area (Å²) < 4.78 is 4.16. The molecule has 0 aliphatic carbocycles. The molecule has 0 saturated heterocycles. The van der Waals surface area contributed by atoms with Crippen LogP contribution in [-0.4, -0.2) is 18.6 Å². The highest BCUT2D eigenvalue weighted by Gasteiger charge is 2.31. The normalized spacial score (nSPS) is 14.8. The molecule has 3 rings (SSSR count). The topological polar surface area (TPSA) is 47.2 Å². The van der Waals surface area contributed by atoms with Crippen molar-refractivity contribution >= 4 is 52.2 Å². The second kappa shape index (κ2) is 5.15. The van der Waals surface area contributed by atoms with Crippen LogP contribution in [0.25, 0.3) is 0 Å². The molecule has 0 saturated carbocycles. The Hall–Kier alpha value is -0.880. The van der Waals surface area contributed by atoms with E-state index in [0.717, 1.165) is 17.4 Å². The zero-order chi connectivity index (χ0) is 14.3. The van der Waals surface area contributed by atoms with E-state index in [1.807, 2.05) is 22.8 Å². The Balaban J connectivity index is 2.02. The van der Waals surface area contributed by atoms with Gasteiger partial charge in [0.15, 0.2) is 0 Å². The van der Waals surface area contributed by atoms with Crippen LogP contribution in [0.3, 0.4) is 0 Å². The van der Waals surface area contributed by atoms with E-state index in [-0.39, 0.29) is 0 Å². The van der Waals surface area contributed by atoms with Gasteiger partial charge in [0.05, 0.1) is 6.54 Å². The average molecular weight is 349 g/mol. The van der Waals surface area contributed by atoms with Crippen molar-refractivity contribution in [3.63, 3.8) is 0 Å². The van der Waals surface area contributed by atoms with E-state index >= 15 is 0 Å². The molecule has 0 unspecified atom stereocenters. The van der Waals surface area contributed by atoms with Gasteiger partial charge in [0.25, 0.3) is 9.70 Å². The first-order valence-electron chi connectivity index (χ1n) is 5.73. The predicted molar refractivity (Wildman–Crippen MR) is 79.3 cm³/mol. The maximum atomic E-state index is 11.7. The zero-order valence-corrected chi connectivity index (χ0v) is 13.1. The Morgan fingerprint density at radius 1 is 1.30 bits per heavy atom. The molecule has 1 aliphatic heterocycles. The van der Waals surface area contributed by atoms with Gasteiger partial charge in [-0.15, -0.1) is 0 Å². The molecule has 2 heterocycles. The number of halogens is 3. The number of benzene rings is 1. The number of rotatable bonds is 0. The van der Waals surface area contributed by atoms with E-state index in [1.165, 1.54) is 11.1 Å². The van der Waals surface area contributed by atoms with Crippen LogP contribution in [0.1, 0.15) is 17.0 Å². The Bertz CT molecular complexity index is 745. The van der Waals surface area contributed by atoms with Crippen molar-refractivity contribution in [2.24, 2.45) is 4.99 Å². The summed E-state index contributed by atoms with van der Waals surface area (Å²) in [7, 11) is 0. The molecular formula is C12H8Cl3N3OS. The van der Waals surface area contributed by atoms with Crippen LogP contribution in [-0.2, 0) is 17.8 Å². The summed E-state index contributed by atoms with van der Waals surface area (Å²) in [6.45, 7) is 0.619. The van der Waals surface area contributed by atoms with Crippen LogP contribution < -0.4 is 4.80 Å². The summed E-state index contributed by atoms with van der Waals surface area (Å²) in [4.78, 5) is 16.0. The fourth-order valence-corrected chi connectivity index (χ4v) is 2.91. The Morgan fingerprint density at radius 2 is 2.00 bits per heavy atom. The second-order valence-corrected chi connectivity index (χ2v) is 7.34. The summed E-state index contributed by atoms with van der Waals surface area (Å²) in [5.41, 5.74) is 2.42. The first-order valence-corrected chi connectivity index (χ1v) is 7.64. The molecule has 0 N–H and O–H groups in total. The molecule has 0 spiro atoms. The lowest BCUT2D eigenvalue weighted by Gasteiger charge is -2.17. The first-order chi connectivity index (χ1) is 9.45. The number of aromatic nitrogens is 2. The van der Waals surface area contributed by atoms with E-state index in [9.17, 15) is 4.79 Å². The molecule has 1 amide bonds. The third kappa shape index (κ3) is 2.63. The van der Waals surface area contributed by atoms with Gasteiger partial charge in [-0.2, -0.15) is 9.37 Å². The summed E-state index contributed by atoms with van der Waals surface area (Å²) in [5, 5.41) is 0. The van der Waals surface area contributed by atoms with Gasteiger partial charge in [0, 0.05) is 18.0 Å². The molecule has 4 nitrogen and oxygen atoms in total. The summed E-state index contributed by atoms with van der Waals surface area (Å²) in [5.74, 6) is 0.0601. The van der Waals surface area contributed by atoms with Gasteiger partial charge in [-0.1, -0.05) is 59.1 Å². The second-order valence-electron chi connectivity index (χ2n) is 4.33. The fourth-order valence-electron chi connectivity index (χ4n) is 2.04. The third-order valence-electron chi connectivity index (χ3n) is 3.01. The highest BCUT2D eigenvalue weighted by molar-refractivity contribution is 7.02. The minimum absolute atomic E-state index is 0.450. The van der Waals surface area contributed by atoms with Gasteiger partial charge in [-0.3, -0.25) is 9.36 Å². The largest absolute Gasteiger partial charge is 0.300 e. The number of nitrogens with zero attached hydrogens (tertiary/aromatic N) is 3. The third-order valence-corrected chi connectivity index (χ3v) is 4.27. The highest BCUT2D eigenvalue weighted by atomic mass is 35.6. The SMILES string of the molecule is O=C(N=c1snc2n1Cc1ccccc1C2)C(Cl)(Cl)Cl. The van der Waals surface area contributed by atoms with Crippen LogP contribution in [0.4, 0.5) is 0 Å². The van der Waals surface area contributed by atoms with Gasteiger partial charge < -0.3 is 0 Å². The van der Waals surface area contributed by atoms with E-state index in [1.54, 1.807) is 0 Å². The fraction of sp³-hybridized carbons (Fsp3) is 0.250. The van der Waals surface area contributed by atoms with E-state index in [4.69, 9.17) is 34.8 Å². The van der Waals surface area contributed by atoms with E-state index in [0.29, 0.717) is 17.8 Å². The monoisotopic (exact) mass is 347 g/mol. The Labute approximate surface area is 133 Å². The van der Waals surface area contributed by atoms with Gasteiger partial charge >= 0.3 is 0 Å². The minimum Gasteiger partial charge on any atom is -0.299 e. The lowest BCUT2D eigenvalue weighted by Crippen LogP contribution is -2.26. The molecule has 20 heavy (non-hydrogen) atoms. The maximum Gasteiger partial charge on any atom is 0.300 e. The number of carbonyl (C=O) groups excluding carboxylic acids is 1. The minimum atomic E-state index is -2.04. The number of fused-ring (bicyclic) bond motifs is 2. The highest BCUT2D eigenvalue weighted by Crippen LogP contribution is 2.27. The molecule has 2 aromatic rings. The van der Waals surface area contributed by atoms with E-state index in [2.05, 4.69) is 15.4 Å². The number of hydrogen-bond acceptors (Lipinski definition) is 3. The lowest BCUT2D eigenvalue weighted by atomic mass is 10.0. The van der Waals surface area contributed by atoms with Crippen molar-refractivity contribution in [3.8, 4) is 0 Å². The van der Waals surface area contributed by atoms with Crippen LogP contribution in [0.15, 0.2) is 29.3 Å². The summed E-state index contributed by atoms with van der Waals surface area (Å²) >= 11 is 17.7. The zero-order valence-electron chi connectivity index (χ0n) is 10.0. The Kier molecular flexibility index (Phi) is 3.62. The standard InChI is InChI=1S/C12H8Cl3N3OS/c13-12(14,15)10(19)16-11-18-6-8-4-2-1-3-7(8)5-9(18)17-20-11/h1-4H,5-6H2. The molecule has 1 aromatic heterocycles. The van der Waals surface area contributed by atoms with Crippen molar-refractivity contribution in [2.45, 2.75) is 16.8 Å². The van der Waals surface area contributed by atoms with Crippen LogP contribution in [0, 0.1) is 0 Å². The number of carbonyl (C=O) groups is 1. The molecule has 104 valence electrons. The predicted octanol–water partition coefficient (Wildman–Crippen LogP) is 2.69. The first kappa shape index (κ1) is 14.1. The average Bonchev–Trinajstić information content (AvgIpc) is 2.77. The van der Waals surface area contributed by atoms with Crippen molar-refractivity contribution in [3.05, 3.63) is 46.0 Å². The molecule has 1 aliphatic rings. The van der Waals surface area contributed by atoms with Crippen molar-refractivity contribution < 1.29 is 4.79 Å². The van der Waals surface area contributed by atoms with Crippen molar-refractivity contribution in [1.82, 2.24) is 8.94 Å². The molecule has 0 atom stereocenters. The molecule has 8 heteroatoms. The van der Waals surface area contributed by atoms with E-state index < -0.39 is 9.70 Å². The van der Waals surface area contributed by atoms with Gasteiger partial charge in [-0.05, 0) is 11.1 Å². The summed E-state index contributed by atoms with van der Waals surface area (Å²) in [6, 6.07) is 8.09. The summed E-state index contributed by atoms with van der Waals surface area (Å²) in [6.07, 6.45) is 0.712. The molecular weight excluding hydrogens is 341 g/mol. The smallest absolute Gasteiger partial charge is 0.299 e. The number of amides is 1. The van der Waals surface area contributed by atoms with Gasteiger partial charge in [0.1, 0.15) is 5.82 Å². The Morgan fingerprint density at radius 3 is 2.70 bits per heavy atom.